The van der Waals surface area contributed by atoms with E-state index in [2.05, 4.69) is 10.3 Å². The Labute approximate surface area is 196 Å². The number of benzene rings is 3. The zero-order valence-corrected chi connectivity index (χ0v) is 18.1. The molecule has 6 rings (SSSR count). The zero-order valence-electron chi connectivity index (χ0n) is 18.1. The molecule has 0 radical (unpaired) electrons. The second-order valence-electron chi connectivity index (χ2n) is 8.40. The third kappa shape index (κ3) is 3.45. The number of hydrogen-bond donors (Lipinski definition) is 1. The summed E-state index contributed by atoms with van der Waals surface area (Å²) in [7, 11) is 0. The summed E-state index contributed by atoms with van der Waals surface area (Å²) in [6.45, 7) is 0.454. The van der Waals surface area contributed by atoms with Crippen molar-refractivity contribution in [3.8, 4) is 16.8 Å². The van der Waals surface area contributed by atoms with Crippen LogP contribution in [0.5, 0.6) is 0 Å². The molecular weight excluding hydrogens is 455 g/mol. The van der Waals surface area contributed by atoms with Crippen molar-refractivity contribution in [2.75, 3.05) is 0 Å². The van der Waals surface area contributed by atoms with E-state index in [1.165, 1.54) is 22.8 Å². The summed E-state index contributed by atoms with van der Waals surface area (Å²) in [5, 5.41) is 4.05. The van der Waals surface area contributed by atoms with E-state index in [4.69, 9.17) is 0 Å². The fourth-order valence-corrected chi connectivity index (χ4v) is 4.58. The first kappa shape index (κ1) is 21.1. The molecule has 2 aromatic heterocycles. The minimum atomic E-state index is -4.54. The number of halogens is 3. The Bertz CT molecular complexity index is 1740. The molecule has 1 N–H and O–H groups in total. The molecule has 0 saturated heterocycles. The molecular formula is C27H16F3N3O2. The van der Waals surface area contributed by atoms with E-state index in [0.29, 0.717) is 33.9 Å². The Morgan fingerprint density at radius 2 is 1.69 bits per heavy atom. The highest BCUT2D eigenvalue weighted by atomic mass is 19.4. The van der Waals surface area contributed by atoms with Crippen molar-refractivity contribution in [3.05, 3.63) is 106 Å². The molecule has 5 aromatic rings. The van der Waals surface area contributed by atoms with Crippen LogP contribution < -0.4 is 10.9 Å². The number of nitrogens with one attached hydrogen (secondary N) is 1. The number of hydrogen-bond acceptors (Lipinski definition) is 3. The predicted octanol–water partition coefficient (Wildman–Crippen LogP) is 5.47. The summed E-state index contributed by atoms with van der Waals surface area (Å²) in [5.41, 5.74) is 3.16. The number of nitrogens with zero attached hydrogens (tertiary/aromatic N) is 2. The number of aromatic nitrogens is 2. The maximum absolute atomic E-state index is 13.4. The molecule has 0 bridgehead atoms. The smallest absolute Gasteiger partial charge is 0.348 e. The Balaban J connectivity index is 1.62. The van der Waals surface area contributed by atoms with Crippen molar-refractivity contribution in [1.82, 2.24) is 14.9 Å². The van der Waals surface area contributed by atoms with Crippen LogP contribution in [0.1, 0.15) is 21.5 Å². The summed E-state index contributed by atoms with van der Waals surface area (Å²) >= 11 is 0. The molecule has 1 amide bonds. The van der Waals surface area contributed by atoms with E-state index in [1.807, 2.05) is 30.3 Å². The molecule has 1 aliphatic heterocycles. The lowest BCUT2D eigenvalue weighted by Crippen LogP contribution is -2.18. The van der Waals surface area contributed by atoms with Gasteiger partial charge in [-0.15, -0.1) is 0 Å². The van der Waals surface area contributed by atoms with Crippen molar-refractivity contribution >= 4 is 27.7 Å². The summed E-state index contributed by atoms with van der Waals surface area (Å²) in [6, 6.07) is 18.8. The molecule has 8 heteroatoms. The van der Waals surface area contributed by atoms with Crippen molar-refractivity contribution in [1.29, 1.82) is 0 Å². The van der Waals surface area contributed by atoms with E-state index in [0.717, 1.165) is 28.8 Å². The maximum Gasteiger partial charge on any atom is 0.416 e. The monoisotopic (exact) mass is 471 g/mol. The van der Waals surface area contributed by atoms with Gasteiger partial charge in [-0.25, -0.2) is 0 Å². The molecule has 3 aromatic carbocycles. The number of fused-ring (bicyclic) bond motifs is 4. The quantitative estimate of drug-likeness (QED) is 0.348. The third-order valence-electron chi connectivity index (χ3n) is 6.27. The summed E-state index contributed by atoms with van der Waals surface area (Å²) in [5.74, 6) is -0.106. The van der Waals surface area contributed by atoms with Crippen molar-refractivity contribution < 1.29 is 18.0 Å². The van der Waals surface area contributed by atoms with Gasteiger partial charge in [-0.1, -0.05) is 18.2 Å². The zero-order chi connectivity index (χ0) is 24.3. The van der Waals surface area contributed by atoms with Crippen LogP contribution in [0.2, 0.25) is 0 Å². The lowest BCUT2D eigenvalue weighted by molar-refractivity contribution is -0.137. The van der Waals surface area contributed by atoms with Gasteiger partial charge in [-0.2, -0.15) is 13.2 Å². The van der Waals surface area contributed by atoms with E-state index < -0.39 is 17.3 Å². The SMILES string of the molecule is O=C1NCc2cc(-c3ccc4ncc5ccc(=O)n(-c6cccc(C(F)(F)F)c6)c5c4c3)ccc21. The van der Waals surface area contributed by atoms with E-state index >= 15 is 0 Å². The summed E-state index contributed by atoms with van der Waals surface area (Å²) in [4.78, 5) is 29.4. The minimum absolute atomic E-state index is 0.106. The normalized spacial score (nSPS) is 13.3. The lowest BCUT2D eigenvalue weighted by Gasteiger charge is -2.15. The Morgan fingerprint density at radius 3 is 2.51 bits per heavy atom. The molecule has 0 atom stereocenters. The lowest BCUT2D eigenvalue weighted by atomic mass is 9.98. The predicted molar refractivity (Wildman–Crippen MR) is 126 cm³/mol. The second kappa shape index (κ2) is 7.53. The van der Waals surface area contributed by atoms with Crippen LogP contribution in [-0.2, 0) is 12.7 Å². The molecule has 0 saturated carbocycles. The van der Waals surface area contributed by atoms with Gasteiger partial charge in [0.1, 0.15) is 0 Å². The highest BCUT2D eigenvalue weighted by Crippen LogP contribution is 2.33. The molecule has 35 heavy (non-hydrogen) atoms. The Morgan fingerprint density at radius 1 is 0.886 bits per heavy atom. The van der Waals surface area contributed by atoms with Gasteiger partial charge < -0.3 is 5.32 Å². The number of rotatable bonds is 2. The first-order valence-electron chi connectivity index (χ1n) is 10.8. The van der Waals surface area contributed by atoms with Gasteiger partial charge in [0.15, 0.2) is 0 Å². The number of alkyl halides is 3. The standard InChI is InChI=1S/C27H16F3N3O2/c28-27(29,30)19-2-1-3-20(12-19)33-24(34)9-6-17-13-31-23-8-5-16(11-22(23)25(17)33)15-4-7-21-18(10-15)14-32-26(21)35/h1-13H,14H2,(H,32,35). The van der Waals surface area contributed by atoms with Crippen LogP contribution in [0.15, 0.2) is 83.8 Å². The first-order chi connectivity index (χ1) is 16.8. The topological polar surface area (TPSA) is 64.0 Å². The van der Waals surface area contributed by atoms with Gasteiger partial charge in [-0.3, -0.25) is 19.1 Å². The van der Waals surface area contributed by atoms with Crippen LogP contribution in [0.25, 0.3) is 38.6 Å². The van der Waals surface area contributed by atoms with Crippen LogP contribution in [0, 0.1) is 0 Å². The van der Waals surface area contributed by atoms with E-state index in [1.54, 1.807) is 18.3 Å². The van der Waals surface area contributed by atoms with Crippen molar-refractivity contribution in [2.24, 2.45) is 0 Å². The van der Waals surface area contributed by atoms with Crippen molar-refractivity contribution in [2.45, 2.75) is 12.7 Å². The van der Waals surface area contributed by atoms with Crippen LogP contribution in [-0.4, -0.2) is 15.5 Å². The van der Waals surface area contributed by atoms with Crippen LogP contribution >= 0.6 is 0 Å². The first-order valence-corrected chi connectivity index (χ1v) is 10.8. The number of amides is 1. The van der Waals surface area contributed by atoms with Crippen molar-refractivity contribution in [3.63, 3.8) is 0 Å². The summed E-state index contributed by atoms with van der Waals surface area (Å²) < 4.78 is 41.5. The fourth-order valence-electron chi connectivity index (χ4n) is 4.58. The Kier molecular flexibility index (Phi) is 4.54. The third-order valence-corrected chi connectivity index (χ3v) is 6.27. The van der Waals surface area contributed by atoms with E-state index in [9.17, 15) is 22.8 Å². The van der Waals surface area contributed by atoms with Gasteiger partial charge in [0, 0.05) is 40.8 Å². The summed E-state index contributed by atoms with van der Waals surface area (Å²) in [6.07, 6.45) is -2.93. The van der Waals surface area contributed by atoms with Gasteiger partial charge in [0.25, 0.3) is 11.5 Å². The number of carbonyl (C=O) groups excluding carboxylic acids is 1. The second-order valence-corrected chi connectivity index (χ2v) is 8.40. The van der Waals surface area contributed by atoms with Crippen LogP contribution in [0.4, 0.5) is 13.2 Å². The van der Waals surface area contributed by atoms with Gasteiger partial charge in [0.2, 0.25) is 0 Å². The molecule has 0 aliphatic carbocycles. The van der Waals surface area contributed by atoms with Gasteiger partial charge >= 0.3 is 6.18 Å². The average Bonchev–Trinajstić information content (AvgIpc) is 3.23. The molecule has 172 valence electrons. The molecule has 3 heterocycles. The molecule has 0 fully saturated rings. The maximum atomic E-state index is 13.4. The molecule has 1 aliphatic rings. The van der Waals surface area contributed by atoms with Crippen LogP contribution in [0.3, 0.4) is 0 Å². The molecule has 0 unspecified atom stereocenters. The minimum Gasteiger partial charge on any atom is -0.348 e. The number of carbonyl (C=O) groups is 1. The Hall–Kier alpha value is -4.46. The fraction of sp³-hybridized carbons (Fsp3) is 0.0741. The molecule has 5 nitrogen and oxygen atoms in total. The van der Waals surface area contributed by atoms with Gasteiger partial charge in [0.05, 0.1) is 16.6 Å². The van der Waals surface area contributed by atoms with E-state index in [-0.39, 0.29) is 11.6 Å². The van der Waals surface area contributed by atoms with Gasteiger partial charge in [-0.05, 0) is 65.2 Å². The number of pyridine rings is 2. The largest absolute Gasteiger partial charge is 0.416 e. The highest BCUT2D eigenvalue weighted by Gasteiger charge is 2.30. The average molecular weight is 471 g/mol. The highest BCUT2D eigenvalue weighted by molar-refractivity contribution is 6.05. The molecule has 0 spiro atoms.